The minimum atomic E-state index is -0.102. The summed E-state index contributed by atoms with van der Waals surface area (Å²) < 4.78 is 7.22. The van der Waals surface area contributed by atoms with Crippen LogP contribution in [0.15, 0.2) is 42.5 Å². The lowest BCUT2D eigenvalue weighted by Gasteiger charge is -2.07. The van der Waals surface area contributed by atoms with E-state index < -0.39 is 0 Å². The number of nitrogens with one attached hydrogen (secondary N) is 1. The summed E-state index contributed by atoms with van der Waals surface area (Å²) in [4.78, 5) is 17.1. The van der Waals surface area contributed by atoms with Crippen LogP contribution < -0.4 is 10.1 Å². The predicted octanol–water partition coefficient (Wildman–Crippen LogP) is 3.64. The van der Waals surface area contributed by atoms with E-state index in [0.717, 1.165) is 28.2 Å². The van der Waals surface area contributed by atoms with E-state index in [1.54, 1.807) is 7.11 Å². The van der Waals surface area contributed by atoms with Crippen molar-refractivity contribution in [2.24, 2.45) is 7.05 Å². The van der Waals surface area contributed by atoms with Gasteiger partial charge in [0.15, 0.2) is 0 Å². The Morgan fingerprint density at radius 1 is 1.20 bits per heavy atom. The summed E-state index contributed by atoms with van der Waals surface area (Å²) in [5.41, 5.74) is 3.53. The number of fused-ring (bicyclic) bond motifs is 1. The fraction of sp³-hybridized carbons (Fsp3) is 0.300. The van der Waals surface area contributed by atoms with Crippen LogP contribution in [0.1, 0.15) is 41.5 Å². The fourth-order valence-electron chi connectivity index (χ4n) is 2.90. The summed E-state index contributed by atoms with van der Waals surface area (Å²) in [5, 5.41) is 2.95. The Kier molecular flexibility index (Phi) is 4.74. The summed E-state index contributed by atoms with van der Waals surface area (Å²) in [7, 11) is 3.64. The number of aryl methyl sites for hydroxylation is 1. The zero-order valence-corrected chi connectivity index (χ0v) is 15.0. The Morgan fingerprint density at radius 2 is 1.92 bits per heavy atom. The quantitative estimate of drug-likeness (QED) is 0.773. The monoisotopic (exact) mass is 337 g/mol. The number of imidazole rings is 1. The standard InChI is InChI=1S/C20H23N3O2/c1-13(2)19-22-17-11-15(7-10-18(17)23(19)3)20(24)21-12-14-5-8-16(25-4)9-6-14/h5-11,13H,12H2,1-4H3,(H,21,24). The van der Waals surface area contributed by atoms with Crippen molar-refractivity contribution in [2.75, 3.05) is 7.11 Å². The molecule has 0 aliphatic rings. The number of hydrogen-bond donors (Lipinski definition) is 1. The first-order chi connectivity index (χ1) is 12.0. The second-order valence-corrected chi connectivity index (χ2v) is 6.42. The molecule has 1 N–H and O–H groups in total. The second kappa shape index (κ2) is 6.97. The van der Waals surface area contributed by atoms with E-state index in [0.29, 0.717) is 18.0 Å². The average molecular weight is 337 g/mol. The Morgan fingerprint density at radius 3 is 2.56 bits per heavy atom. The van der Waals surface area contributed by atoms with Crippen molar-refractivity contribution >= 4 is 16.9 Å². The number of methoxy groups -OCH3 is 1. The zero-order valence-electron chi connectivity index (χ0n) is 15.0. The molecule has 130 valence electrons. The first kappa shape index (κ1) is 17.0. The molecule has 5 heteroatoms. The summed E-state index contributed by atoms with van der Waals surface area (Å²) >= 11 is 0. The number of aromatic nitrogens is 2. The predicted molar refractivity (Wildman–Crippen MR) is 99.0 cm³/mol. The van der Waals surface area contributed by atoms with Gasteiger partial charge < -0.3 is 14.6 Å². The smallest absolute Gasteiger partial charge is 0.251 e. The van der Waals surface area contributed by atoms with Gasteiger partial charge >= 0.3 is 0 Å². The third-order valence-corrected chi connectivity index (χ3v) is 4.31. The molecule has 0 saturated heterocycles. The third kappa shape index (κ3) is 3.50. The van der Waals surface area contributed by atoms with Gasteiger partial charge in [-0.2, -0.15) is 0 Å². The van der Waals surface area contributed by atoms with E-state index in [2.05, 4.69) is 28.7 Å². The van der Waals surface area contributed by atoms with E-state index in [1.807, 2.05) is 49.5 Å². The van der Waals surface area contributed by atoms with E-state index in [1.165, 1.54) is 0 Å². The Balaban J connectivity index is 1.75. The second-order valence-electron chi connectivity index (χ2n) is 6.42. The number of amides is 1. The summed E-state index contributed by atoms with van der Waals surface area (Å²) in [6.45, 7) is 4.70. The molecule has 0 spiro atoms. The maximum Gasteiger partial charge on any atom is 0.251 e. The summed E-state index contributed by atoms with van der Waals surface area (Å²) in [6.07, 6.45) is 0. The minimum Gasteiger partial charge on any atom is -0.497 e. The highest BCUT2D eigenvalue weighted by atomic mass is 16.5. The van der Waals surface area contributed by atoms with Crippen LogP contribution in [0.5, 0.6) is 5.75 Å². The van der Waals surface area contributed by atoms with Gasteiger partial charge in [0, 0.05) is 25.1 Å². The minimum absolute atomic E-state index is 0.102. The Bertz CT molecular complexity index is 895. The molecule has 0 atom stereocenters. The van der Waals surface area contributed by atoms with Gasteiger partial charge in [0.2, 0.25) is 0 Å². The van der Waals surface area contributed by atoms with Gasteiger partial charge in [-0.3, -0.25) is 4.79 Å². The van der Waals surface area contributed by atoms with Crippen molar-refractivity contribution in [3.63, 3.8) is 0 Å². The molecule has 3 rings (SSSR count). The average Bonchev–Trinajstić information content (AvgIpc) is 2.96. The number of rotatable bonds is 5. The number of carbonyl (C=O) groups excluding carboxylic acids is 1. The molecule has 0 aliphatic carbocycles. The highest BCUT2D eigenvalue weighted by Gasteiger charge is 2.13. The summed E-state index contributed by atoms with van der Waals surface area (Å²) in [6, 6.07) is 13.3. The van der Waals surface area contributed by atoms with Crippen molar-refractivity contribution in [3.05, 3.63) is 59.4 Å². The Labute approximate surface area is 147 Å². The molecule has 2 aromatic carbocycles. The number of nitrogens with zero attached hydrogens (tertiary/aromatic N) is 2. The molecule has 0 radical (unpaired) electrons. The van der Waals surface area contributed by atoms with Crippen LogP contribution >= 0.6 is 0 Å². The van der Waals surface area contributed by atoms with Crippen LogP contribution in [-0.4, -0.2) is 22.6 Å². The first-order valence-corrected chi connectivity index (χ1v) is 8.37. The third-order valence-electron chi connectivity index (χ3n) is 4.31. The molecule has 0 unspecified atom stereocenters. The number of benzene rings is 2. The molecule has 0 fully saturated rings. The van der Waals surface area contributed by atoms with Gasteiger partial charge in [0.25, 0.3) is 5.91 Å². The normalized spacial score (nSPS) is 11.1. The lowest BCUT2D eigenvalue weighted by molar-refractivity contribution is 0.0951. The van der Waals surface area contributed by atoms with Crippen LogP contribution in [-0.2, 0) is 13.6 Å². The largest absolute Gasteiger partial charge is 0.497 e. The van der Waals surface area contributed by atoms with Crippen molar-refractivity contribution in [1.82, 2.24) is 14.9 Å². The van der Waals surface area contributed by atoms with E-state index >= 15 is 0 Å². The molecule has 1 heterocycles. The van der Waals surface area contributed by atoms with E-state index in [-0.39, 0.29) is 5.91 Å². The van der Waals surface area contributed by atoms with Crippen LogP contribution in [0, 0.1) is 0 Å². The van der Waals surface area contributed by atoms with Crippen LogP contribution in [0.3, 0.4) is 0 Å². The number of hydrogen-bond acceptors (Lipinski definition) is 3. The van der Waals surface area contributed by atoms with E-state index in [4.69, 9.17) is 4.74 Å². The van der Waals surface area contributed by atoms with Gasteiger partial charge in [-0.25, -0.2) is 4.98 Å². The van der Waals surface area contributed by atoms with Crippen LogP contribution in [0.25, 0.3) is 11.0 Å². The SMILES string of the molecule is COc1ccc(CNC(=O)c2ccc3c(c2)nc(C(C)C)n3C)cc1. The molecule has 0 saturated carbocycles. The fourth-order valence-corrected chi connectivity index (χ4v) is 2.90. The maximum absolute atomic E-state index is 12.4. The topological polar surface area (TPSA) is 56.1 Å². The van der Waals surface area contributed by atoms with Gasteiger partial charge in [0.1, 0.15) is 11.6 Å². The van der Waals surface area contributed by atoms with Crippen molar-refractivity contribution in [2.45, 2.75) is 26.3 Å². The lowest BCUT2D eigenvalue weighted by atomic mass is 10.1. The molecule has 3 aromatic rings. The van der Waals surface area contributed by atoms with Crippen molar-refractivity contribution in [1.29, 1.82) is 0 Å². The van der Waals surface area contributed by atoms with Gasteiger partial charge in [-0.05, 0) is 35.9 Å². The number of carbonyl (C=O) groups is 1. The van der Waals surface area contributed by atoms with Crippen LogP contribution in [0.4, 0.5) is 0 Å². The van der Waals surface area contributed by atoms with Crippen LogP contribution in [0.2, 0.25) is 0 Å². The first-order valence-electron chi connectivity index (χ1n) is 8.37. The zero-order chi connectivity index (χ0) is 18.0. The van der Waals surface area contributed by atoms with Gasteiger partial charge in [-0.15, -0.1) is 0 Å². The van der Waals surface area contributed by atoms with Crippen molar-refractivity contribution in [3.8, 4) is 5.75 Å². The Hall–Kier alpha value is -2.82. The van der Waals surface area contributed by atoms with Gasteiger partial charge in [-0.1, -0.05) is 26.0 Å². The molecular weight excluding hydrogens is 314 g/mol. The highest BCUT2D eigenvalue weighted by molar-refractivity contribution is 5.97. The van der Waals surface area contributed by atoms with Crippen molar-refractivity contribution < 1.29 is 9.53 Å². The molecule has 5 nitrogen and oxygen atoms in total. The highest BCUT2D eigenvalue weighted by Crippen LogP contribution is 2.21. The lowest BCUT2D eigenvalue weighted by Crippen LogP contribution is -2.22. The molecule has 25 heavy (non-hydrogen) atoms. The summed E-state index contributed by atoms with van der Waals surface area (Å²) in [5.74, 6) is 2.06. The molecule has 0 aliphatic heterocycles. The van der Waals surface area contributed by atoms with Gasteiger partial charge in [0.05, 0.1) is 18.1 Å². The number of ether oxygens (including phenoxy) is 1. The molecule has 1 aromatic heterocycles. The molecule has 0 bridgehead atoms. The maximum atomic E-state index is 12.4. The molecule has 1 amide bonds. The molecular formula is C20H23N3O2. The van der Waals surface area contributed by atoms with E-state index in [9.17, 15) is 4.79 Å².